The van der Waals surface area contributed by atoms with Gasteiger partial charge in [0.15, 0.2) is 11.6 Å². The van der Waals surface area contributed by atoms with Crippen molar-refractivity contribution in [1.29, 1.82) is 0 Å². The first-order valence-corrected chi connectivity index (χ1v) is 7.64. The second-order valence-electron chi connectivity index (χ2n) is 5.66. The molecular weight excluding hydrogens is 314 g/mol. The second-order valence-corrected chi connectivity index (χ2v) is 5.66. The fraction of sp³-hybridized carbons (Fsp3) is 0.222. The highest BCUT2D eigenvalue weighted by atomic mass is 19.2. The fourth-order valence-corrected chi connectivity index (χ4v) is 2.75. The third-order valence-electron chi connectivity index (χ3n) is 4.02. The zero-order valence-corrected chi connectivity index (χ0v) is 12.8. The van der Waals surface area contributed by atoms with E-state index in [1.165, 1.54) is 12.1 Å². The Hall–Kier alpha value is -2.76. The van der Waals surface area contributed by atoms with Gasteiger partial charge in [-0.15, -0.1) is 0 Å². The summed E-state index contributed by atoms with van der Waals surface area (Å²) in [4.78, 5) is 26.1. The number of rotatable bonds is 4. The van der Waals surface area contributed by atoms with E-state index in [4.69, 9.17) is 0 Å². The third kappa shape index (κ3) is 3.27. The number of benzene rings is 2. The molecule has 1 saturated heterocycles. The van der Waals surface area contributed by atoms with E-state index in [0.717, 1.165) is 11.6 Å². The van der Waals surface area contributed by atoms with E-state index in [-0.39, 0.29) is 5.91 Å². The monoisotopic (exact) mass is 330 g/mol. The topological polar surface area (TPSA) is 49.4 Å². The molecule has 124 valence electrons. The maximum atomic E-state index is 13.7. The molecule has 0 saturated carbocycles. The van der Waals surface area contributed by atoms with Crippen molar-refractivity contribution in [2.24, 2.45) is 0 Å². The molecule has 2 amide bonds. The lowest BCUT2D eigenvalue weighted by molar-refractivity contribution is -0.129. The Bertz CT molecular complexity index is 765. The lowest BCUT2D eigenvalue weighted by Crippen LogP contribution is -2.41. The molecule has 1 heterocycles. The molecule has 1 atom stereocenters. The van der Waals surface area contributed by atoms with Crippen molar-refractivity contribution in [3.05, 3.63) is 71.3 Å². The Morgan fingerprint density at radius 3 is 2.62 bits per heavy atom. The van der Waals surface area contributed by atoms with Gasteiger partial charge in [0.25, 0.3) is 5.91 Å². The maximum Gasteiger partial charge on any atom is 0.255 e. The number of halogens is 2. The summed E-state index contributed by atoms with van der Waals surface area (Å²) in [5.41, 5.74) is 0.596. The molecule has 1 unspecified atom stereocenters. The van der Waals surface area contributed by atoms with Crippen LogP contribution in [0.5, 0.6) is 0 Å². The van der Waals surface area contributed by atoms with E-state index < -0.39 is 29.1 Å². The first-order valence-electron chi connectivity index (χ1n) is 7.64. The van der Waals surface area contributed by atoms with E-state index in [0.29, 0.717) is 19.5 Å². The molecule has 2 aromatic rings. The van der Waals surface area contributed by atoms with Crippen LogP contribution in [0.25, 0.3) is 0 Å². The molecule has 0 radical (unpaired) electrons. The van der Waals surface area contributed by atoms with Crippen LogP contribution in [0, 0.1) is 11.6 Å². The zero-order chi connectivity index (χ0) is 17.1. The van der Waals surface area contributed by atoms with Crippen LogP contribution in [0.15, 0.2) is 48.5 Å². The standard InChI is InChI=1S/C18H16F2N2O2/c19-14-8-4-7-13(16(14)20)17(23)21-15-9-10-22(18(15)24)11-12-5-2-1-3-6-12/h1-8,15H,9-11H2,(H,21,23). The minimum atomic E-state index is -1.21. The van der Waals surface area contributed by atoms with Crippen molar-refractivity contribution in [1.82, 2.24) is 10.2 Å². The molecule has 1 N–H and O–H groups in total. The molecule has 1 aliphatic rings. The molecular formula is C18H16F2N2O2. The van der Waals surface area contributed by atoms with Gasteiger partial charge in [0.2, 0.25) is 5.91 Å². The number of nitrogens with zero attached hydrogens (tertiary/aromatic N) is 1. The van der Waals surface area contributed by atoms with Gasteiger partial charge < -0.3 is 10.2 Å². The van der Waals surface area contributed by atoms with Crippen molar-refractivity contribution >= 4 is 11.8 Å². The number of nitrogens with one attached hydrogen (secondary N) is 1. The molecule has 1 fully saturated rings. The molecule has 0 spiro atoms. The Morgan fingerprint density at radius 2 is 1.88 bits per heavy atom. The van der Waals surface area contributed by atoms with Crippen molar-refractivity contribution in [2.45, 2.75) is 19.0 Å². The van der Waals surface area contributed by atoms with Crippen molar-refractivity contribution in [3.63, 3.8) is 0 Å². The van der Waals surface area contributed by atoms with Gasteiger partial charge in [-0.2, -0.15) is 0 Å². The van der Waals surface area contributed by atoms with Crippen LogP contribution in [0.4, 0.5) is 8.78 Å². The number of carbonyl (C=O) groups is 2. The number of hydrogen-bond donors (Lipinski definition) is 1. The van der Waals surface area contributed by atoms with E-state index in [1.807, 2.05) is 30.3 Å². The van der Waals surface area contributed by atoms with E-state index in [1.54, 1.807) is 4.90 Å². The molecule has 6 heteroatoms. The summed E-state index contributed by atoms with van der Waals surface area (Å²) in [7, 11) is 0. The van der Waals surface area contributed by atoms with Gasteiger partial charge in [-0.05, 0) is 24.1 Å². The summed E-state index contributed by atoms with van der Waals surface area (Å²) < 4.78 is 26.9. The van der Waals surface area contributed by atoms with E-state index in [9.17, 15) is 18.4 Å². The molecule has 0 aromatic heterocycles. The Morgan fingerprint density at radius 1 is 1.12 bits per heavy atom. The van der Waals surface area contributed by atoms with Gasteiger partial charge in [-0.1, -0.05) is 36.4 Å². The summed E-state index contributed by atoms with van der Waals surface area (Å²) in [6, 6.07) is 12.2. The zero-order valence-electron chi connectivity index (χ0n) is 12.8. The molecule has 24 heavy (non-hydrogen) atoms. The number of likely N-dealkylation sites (tertiary alicyclic amines) is 1. The van der Waals surface area contributed by atoms with Crippen molar-refractivity contribution < 1.29 is 18.4 Å². The summed E-state index contributed by atoms with van der Waals surface area (Å²) in [5, 5.41) is 2.49. The van der Waals surface area contributed by atoms with Crippen LogP contribution in [-0.4, -0.2) is 29.3 Å². The lowest BCUT2D eigenvalue weighted by Gasteiger charge is -2.17. The maximum absolute atomic E-state index is 13.7. The highest BCUT2D eigenvalue weighted by Crippen LogP contribution is 2.17. The first kappa shape index (κ1) is 16.1. The number of hydrogen-bond acceptors (Lipinski definition) is 2. The average molecular weight is 330 g/mol. The largest absolute Gasteiger partial charge is 0.340 e. The quantitative estimate of drug-likeness (QED) is 0.936. The molecule has 2 aromatic carbocycles. The van der Waals surface area contributed by atoms with Crippen LogP contribution in [0.3, 0.4) is 0 Å². The van der Waals surface area contributed by atoms with Crippen LogP contribution >= 0.6 is 0 Å². The van der Waals surface area contributed by atoms with Crippen LogP contribution < -0.4 is 5.32 Å². The number of amides is 2. The van der Waals surface area contributed by atoms with Crippen molar-refractivity contribution in [2.75, 3.05) is 6.54 Å². The summed E-state index contributed by atoms with van der Waals surface area (Å²) in [5.74, 6) is -3.30. The van der Waals surface area contributed by atoms with Crippen LogP contribution in [-0.2, 0) is 11.3 Å². The van der Waals surface area contributed by atoms with Gasteiger partial charge in [0, 0.05) is 13.1 Å². The molecule has 0 aliphatic carbocycles. The summed E-state index contributed by atoms with van der Waals surface area (Å²) >= 11 is 0. The minimum Gasteiger partial charge on any atom is -0.340 e. The molecule has 3 rings (SSSR count). The Balaban J connectivity index is 1.65. The molecule has 0 bridgehead atoms. The Labute approximate surface area is 138 Å². The normalized spacial score (nSPS) is 17.2. The lowest BCUT2D eigenvalue weighted by atomic mass is 10.1. The first-order chi connectivity index (χ1) is 11.6. The van der Waals surface area contributed by atoms with Gasteiger partial charge in [0.05, 0.1) is 5.56 Å². The minimum absolute atomic E-state index is 0.219. The third-order valence-corrected chi connectivity index (χ3v) is 4.02. The average Bonchev–Trinajstić information content (AvgIpc) is 2.91. The Kier molecular flexibility index (Phi) is 4.55. The smallest absolute Gasteiger partial charge is 0.255 e. The summed E-state index contributed by atoms with van der Waals surface area (Å²) in [6.07, 6.45) is 0.439. The molecule has 1 aliphatic heterocycles. The predicted molar refractivity (Wildman–Crippen MR) is 84.1 cm³/mol. The van der Waals surface area contributed by atoms with E-state index in [2.05, 4.69) is 5.32 Å². The van der Waals surface area contributed by atoms with Gasteiger partial charge in [0.1, 0.15) is 6.04 Å². The van der Waals surface area contributed by atoms with Crippen LogP contribution in [0.2, 0.25) is 0 Å². The van der Waals surface area contributed by atoms with Crippen LogP contribution in [0.1, 0.15) is 22.3 Å². The van der Waals surface area contributed by atoms with E-state index >= 15 is 0 Å². The number of carbonyl (C=O) groups excluding carboxylic acids is 2. The van der Waals surface area contributed by atoms with Gasteiger partial charge in [-0.3, -0.25) is 9.59 Å². The summed E-state index contributed by atoms with van der Waals surface area (Å²) in [6.45, 7) is 0.963. The van der Waals surface area contributed by atoms with Gasteiger partial charge >= 0.3 is 0 Å². The second kappa shape index (κ2) is 6.78. The SMILES string of the molecule is O=C(NC1CCN(Cc2ccccc2)C1=O)c1cccc(F)c1F. The highest BCUT2D eigenvalue weighted by Gasteiger charge is 2.33. The fourth-order valence-electron chi connectivity index (χ4n) is 2.75. The van der Waals surface area contributed by atoms with Crippen molar-refractivity contribution in [3.8, 4) is 0 Å². The predicted octanol–water partition coefficient (Wildman–Crippen LogP) is 2.50. The highest BCUT2D eigenvalue weighted by molar-refractivity contribution is 5.98. The van der Waals surface area contributed by atoms with Gasteiger partial charge in [-0.25, -0.2) is 8.78 Å². The molecule has 4 nitrogen and oxygen atoms in total.